The fourth-order valence-electron chi connectivity index (χ4n) is 2.84. The lowest BCUT2D eigenvalue weighted by atomic mass is 9.97. The van der Waals surface area contributed by atoms with Gasteiger partial charge in [-0.25, -0.2) is 0 Å². The quantitative estimate of drug-likeness (QED) is 0.467. The van der Waals surface area contributed by atoms with E-state index in [0.717, 1.165) is 57.9 Å². The highest BCUT2D eigenvalue weighted by Gasteiger charge is 2.27. The highest BCUT2D eigenvalue weighted by Crippen LogP contribution is 2.18. The second-order valence-electron chi connectivity index (χ2n) is 5.35. The van der Waals surface area contributed by atoms with Crippen molar-refractivity contribution in [2.24, 2.45) is 10.9 Å². The molecule has 0 bridgehead atoms. The lowest BCUT2D eigenvalue weighted by Gasteiger charge is -2.33. The van der Waals surface area contributed by atoms with E-state index in [4.69, 9.17) is 9.47 Å². The third kappa shape index (κ3) is 3.85. The summed E-state index contributed by atoms with van der Waals surface area (Å²) >= 11 is 0. The molecule has 1 N–H and O–H groups in total. The van der Waals surface area contributed by atoms with E-state index in [9.17, 15) is 4.79 Å². The Morgan fingerprint density at radius 1 is 1.40 bits per heavy atom. The van der Waals surface area contributed by atoms with E-state index in [1.165, 1.54) is 7.11 Å². The Morgan fingerprint density at radius 3 is 2.70 bits per heavy atom. The summed E-state index contributed by atoms with van der Waals surface area (Å²) in [4.78, 5) is 18.0. The van der Waals surface area contributed by atoms with Gasteiger partial charge in [0.15, 0.2) is 5.96 Å². The van der Waals surface area contributed by atoms with Gasteiger partial charge in [-0.1, -0.05) is 0 Å². The molecule has 1 unspecified atom stereocenters. The zero-order chi connectivity index (χ0) is 14.4. The molecule has 6 heteroatoms. The predicted octanol–water partition coefficient (Wildman–Crippen LogP) is 0.626. The topological polar surface area (TPSA) is 63.2 Å². The third-order valence-electron chi connectivity index (χ3n) is 4.05. The van der Waals surface area contributed by atoms with Gasteiger partial charge in [0.2, 0.25) is 0 Å². The van der Waals surface area contributed by atoms with E-state index >= 15 is 0 Å². The molecule has 2 saturated heterocycles. The SMILES string of the molecule is CN=C(NCC1CCCO1)N1CCC(C(=O)OC)CC1. The molecule has 0 amide bonds. The standard InChI is InChI=1S/C14H25N3O3/c1-15-14(16-10-12-4-3-9-20-12)17-7-5-11(6-8-17)13(18)19-2/h11-12H,3-10H2,1-2H3,(H,15,16). The molecule has 0 radical (unpaired) electrons. The van der Waals surface area contributed by atoms with Crippen LogP contribution in [-0.2, 0) is 14.3 Å². The maximum atomic E-state index is 11.5. The zero-order valence-corrected chi connectivity index (χ0v) is 12.4. The Balaban J connectivity index is 1.76. The number of carbonyl (C=O) groups excluding carboxylic acids is 1. The van der Waals surface area contributed by atoms with Crippen LogP contribution in [0, 0.1) is 5.92 Å². The summed E-state index contributed by atoms with van der Waals surface area (Å²) in [7, 11) is 3.25. The number of nitrogens with one attached hydrogen (secondary N) is 1. The van der Waals surface area contributed by atoms with Gasteiger partial charge in [0.1, 0.15) is 0 Å². The average molecular weight is 283 g/mol. The monoisotopic (exact) mass is 283 g/mol. The molecule has 0 aromatic heterocycles. The van der Waals surface area contributed by atoms with Gasteiger partial charge in [0.05, 0.1) is 19.1 Å². The molecular weight excluding hydrogens is 258 g/mol. The van der Waals surface area contributed by atoms with E-state index in [1.54, 1.807) is 7.05 Å². The number of aliphatic imine (C=N–C) groups is 1. The number of piperidine rings is 1. The summed E-state index contributed by atoms with van der Waals surface area (Å²) in [5.41, 5.74) is 0. The average Bonchev–Trinajstić information content (AvgIpc) is 3.01. The first-order valence-corrected chi connectivity index (χ1v) is 7.39. The number of ether oxygens (including phenoxy) is 2. The van der Waals surface area contributed by atoms with Gasteiger partial charge in [-0.05, 0) is 25.7 Å². The van der Waals surface area contributed by atoms with E-state index in [-0.39, 0.29) is 11.9 Å². The second-order valence-corrected chi connectivity index (χ2v) is 5.35. The van der Waals surface area contributed by atoms with Gasteiger partial charge in [0, 0.05) is 33.3 Å². The molecule has 2 heterocycles. The molecule has 0 aromatic rings. The lowest BCUT2D eigenvalue weighted by molar-refractivity contribution is -0.146. The van der Waals surface area contributed by atoms with Crippen molar-refractivity contribution in [3.63, 3.8) is 0 Å². The summed E-state index contributed by atoms with van der Waals surface area (Å²) in [6, 6.07) is 0. The fraction of sp³-hybridized carbons (Fsp3) is 0.857. The third-order valence-corrected chi connectivity index (χ3v) is 4.05. The molecular formula is C14H25N3O3. The smallest absolute Gasteiger partial charge is 0.308 e. The molecule has 20 heavy (non-hydrogen) atoms. The summed E-state index contributed by atoms with van der Waals surface area (Å²) < 4.78 is 10.4. The van der Waals surface area contributed by atoms with Gasteiger partial charge >= 0.3 is 5.97 Å². The van der Waals surface area contributed by atoms with Crippen LogP contribution in [0.3, 0.4) is 0 Å². The first kappa shape index (κ1) is 15.1. The van der Waals surface area contributed by atoms with Crippen LogP contribution in [0.15, 0.2) is 4.99 Å². The Morgan fingerprint density at radius 2 is 2.15 bits per heavy atom. The molecule has 6 nitrogen and oxygen atoms in total. The first-order valence-electron chi connectivity index (χ1n) is 7.39. The Labute approximate surface area is 120 Å². The molecule has 0 spiro atoms. The summed E-state index contributed by atoms with van der Waals surface area (Å²) in [5.74, 6) is 0.850. The van der Waals surface area contributed by atoms with Crippen LogP contribution in [0.25, 0.3) is 0 Å². The summed E-state index contributed by atoms with van der Waals surface area (Å²) in [5, 5.41) is 3.37. The van der Waals surface area contributed by atoms with E-state index < -0.39 is 0 Å². The molecule has 2 fully saturated rings. The molecule has 2 aliphatic rings. The number of hydrogen-bond donors (Lipinski definition) is 1. The second kappa shape index (κ2) is 7.47. The lowest BCUT2D eigenvalue weighted by Crippen LogP contribution is -2.48. The van der Waals surface area contributed by atoms with Crippen LogP contribution >= 0.6 is 0 Å². The maximum absolute atomic E-state index is 11.5. The summed E-state index contributed by atoms with van der Waals surface area (Å²) in [6.45, 7) is 3.36. The van der Waals surface area contributed by atoms with Gasteiger partial charge in [-0.3, -0.25) is 9.79 Å². The number of nitrogens with zero attached hydrogens (tertiary/aromatic N) is 2. The predicted molar refractivity (Wildman–Crippen MR) is 76.6 cm³/mol. The van der Waals surface area contributed by atoms with Crippen molar-refractivity contribution in [3.05, 3.63) is 0 Å². The number of carbonyl (C=O) groups is 1. The maximum Gasteiger partial charge on any atom is 0.308 e. The Bertz CT molecular complexity index is 346. The molecule has 0 aromatic carbocycles. The van der Waals surface area contributed by atoms with Gasteiger partial charge in [-0.15, -0.1) is 0 Å². The van der Waals surface area contributed by atoms with Crippen molar-refractivity contribution in [2.45, 2.75) is 31.8 Å². The van der Waals surface area contributed by atoms with Crippen molar-refractivity contribution in [3.8, 4) is 0 Å². The minimum atomic E-state index is -0.0908. The first-order chi connectivity index (χ1) is 9.74. The zero-order valence-electron chi connectivity index (χ0n) is 12.4. The van der Waals surface area contributed by atoms with Crippen LogP contribution in [0.4, 0.5) is 0 Å². The van der Waals surface area contributed by atoms with Crippen LogP contribution in [0.2, 0.25) is 0 Å². The highest BCUT2D eigenvalue weighted by atomic mass is 16.5. The van der Waals surface area contributed by atoms with Crippen LogP contribution in [-0.4, -0.2) is 63.3 Å². The molecule has 0 saturated carbocycles. The van der Waals surface area contributed by atoms with Crippen LogP contribution in [0.1, 0.15) is 25.7 Å². The Hall–Kier alpha value is -1.30. The van der Waals surface area contributed by atoms with Crippen molar-refractivity contribution < 1.29 is 14.3 Å². The van der Waals surface area contributed by atoms with Crippen molar-refractivity contribution in [1.82, 2.24) is 10.2 Å². The number of likely N-dealkylation sites (tertiary alicyclic amines) is 1. The molecule has 2 rings (SSSR count). The largest absolute Gasteiger partial charge is 0.469 e. The number of esters is 1. The van der Waals surface area contributed by atoms with Crippen LogP contribution < -0.4 is 5.32 Å². The fourth-order valence-corrected chi connectivity index (χ4v) is 2.84. The van der Waals surface area contributed by atoms with E-state index in [1.807, 2.05) is 0 Å². The molecule has 1 atom stereocenters. The minimum absolute atomic E-state index is 0.0347. The number of guanidine groups is 1. The number of rotatable bonds is 3. The van der Waals surface area contributed by atoms with Crippen molar-refractivity contribution in [2.75, 3.05) is 40.4 Å². The molecule has 0 aliphatic carbocycles. The summed E-state index contributed by atoms with van der Waals surface area (Å²) in [6.07, 6.45) is 4.23. The number of hydrogen-bond acceptors (Lipinski definition) is 4. The van der Waals surface area contributed by atoms with Crippen LogP contribution in [0.5, 0.6) is 0 Å². The van der Waals surface area contributed by atoms with Gasteiger partial charge in [-0.2, -0.15) is 0 Å². The number of methoxy groups -OCH3 is 1. The van der Waals surface area contributed by atoms with Crippen molar-refractivity contribution in [1.29, 1.82) is 0 Å². The van der Waals surface area contributed by atoms with Crippen molar-refractivity contribution >= 4 is 11.9 Å². The van der Waals surface area contributed by atoms with Gasteiger partial charge < -0.3 is 19.7 Å². The molecule has 2 aliphatic heterocycles. The highest BCUT2D eigenvalue weighted by molar-refractivity contribution is 5.80. The van der Waals surface area contributed by atoms with E-state index in [0.29, 0.717) is 6.10 Å². The molecule has 114 valence electrons. The van der Waals surface area contributed by atoms with Gasteiger partial charge in [0.25, 0.3) is 0 Å². The Kier molecular flexibility index (Phi) is 5.64. The van der Waals surface area contributed by atoms with E-state index in [2.05, 4.69) is 15.2 Å². The normalized spacial score (nSPS) is 24.8. The minimum Gasteiger partial charge on any atom is -0.469 e.